The molecule has 44 heavy (non-hydrogen) atoms. The summed E-state index contributed by atoms with van der Waals surface area (Å²) in [4.78, 5) is 8.70. The molecule has 0 atom stereocenters. The zero-order chi connectivity index (χ0) is 29.0. The van der Waals surface area contributed by atoms with Crippen molar-refractivity contribution in [3.8, 4) is 33.4 Å². The summed E-state index contributed by atoms with van der Waals surface area (Å²) in [6.45, 7) is 0. The Bertz CT molecular complexity index is 2490. The van der Waals surface area contributed by atoms with Crippen molar-refractivity contribution in [2.45, 2.75) is 0 Å². The number of rotatable bonds is 3. The fourth-order valence-corrected chi connectivity index (χ4v) is 7.03. The maximum absolute atomic E-state index is 4.35. The van der Waals surface area contributed by atoms with Crippen LogP contribution in [0, 0.1) is 0 Å². The highest BCUT2D eigenvalue weighted by Crippen LogP contribution is 2.45. The van der Waals surface area contributed by atoms with Crippen LogP contribution in [0.5, 0.6) is 0 Å². The van der Waals surface area contributed by atoms with Crippen molar-refractivity contribution < 1.29 is 0 Å². The molecule has 0 fully saturated rings. The third-order valence-electron chi connectivity index (χ3n) is 8.99. The van der Waals surface area contributed by atoms with Crippen LogP contribution in [0.4, 0.5) is 0 Å². The lowest BCUT2D eigenvalue weighted by atomic mass is 9.85. The van der Waals surface area contributed by atoms with E-state index >= 15 is 0 Å². The molecule has 0 N–H and O–H groups in total. The van der Waals surface area contributed by atoms with E-state index in [1.54, 1.807) is 6.33 Å². The molecule has 0 unspecified atom stereocenters. The van der Waals surface area contributed by atoms with Gasteiger partial charge in [-0.3, -0.25) is 0 Å². The van der Waals surface area contributed by atoms with E-state index in [2.05, 4.69) is 149 Å². The van der Waals surface area contributed by atoms with Gasteiger partial charge >= 0.3 is 0 Å². The van der Waals surface area contributed by atoms with Gasteiger partial charge in [0.05, 0.1) is 0 Å². The quantitative estimate of drug-likeness (QED) is 0.159. The summed E-state index contributed by atoms with van der Waals surface area (Å²) < 4.78 is 0. The van der Waals surface area contributed by atoms with Crippen LogP contribution in [-0.2, 0) is 0 Å². The van der Waals surface area contributed by atoms with Gasteiger partial charge in [-0.15, -0.1) is 0 Å². The molecule has 8 aromatic carbocycles. The zero-order valence-electron chi connectivity index (χ0n) is 23.9. The maximum atomic E-state index is 4.35. The molecule has 0 aliphatic heterocycles. The Morgan fingerprint density at radius 1 is 0.318 bits per heavy atom. The molecule has 1 aromatic heterocycles. The Balaban J connectivity index is 1.33. The first kappa shape index (κ1) is 24.7. The first-order valence-electron chi connectivity index (χ1n) is 15.0. The van der Waals surface area contributed by atoms with Crippen molar-refractivity contribution in [3.63, 3.8) is 0 Å². The molecule has 0 aliphatic carbocycles. The first-order valence-corrected chi connectivity index (χ1v) is 15.0. The summed E-state index contributed by atoms with van der Waals surface area (Å²) in [7, 11) is 0. The molecule has 0 saturated carbocycles. The average Bonchev–Trinajstić information content (AvgIpc) is 3.10. The molecule has 1 heterocycles. The van der Waals surface area contributed by atoms with Crippen molar-refractivity contribution in [2.75, 3.05) is 0 Å². The van der Waals surface area contributed by atoms with Gasteiger partial charge in [-0.25, -0.2) is 9.97 Å². The summed E-state index contributed by atoms with van der Waals surface area (Å²) >= 11 is 0. The molecule has 0 bridgehead atoms. The van der Waals surface area contributed by atoms with Gasteiger partial charge in [0.1, 0.15) is 6.33 Å². The van der Waals surface area contributed by atoms with E-state index in [1.165, 1.54) is 81.7 Å². The predicted octanol–water partition coefficient (Wildman–Crippen LogP) is 11.2. The van der Waals surface area contributed by atoms with Crippen LogP contribution in [0.2, 0.25) is 0 Å². The van der Waals surface area contributed by atoms with Crippen LogP contribution >= 0.6 is 0 Å². The van der Waals surface area contributed by atoms with E-state index in [4.69, 9.17) is 0 Å². The minimum Gasteiger partial charge on any atom is -0.244 e. The van der Waals surface area contributed by atoms with Crippen LogP contribution < -0.4 is 0 Å². The highest BCUT2D eigenvalue weighted by atomic mass is 14.8. The fraction of sp³-hybridized carbons (Fsp3) is 0. The molecule has 9 rings (SSSR count). The van der Waals surface area contributed by atoms with Gasteiger partial charge in [0, 0.05) is 23.5 Å². The third kappa shape index (κ3) is 3.82. The zero-order valence-corrected chi connectivity index (χ0v) is 23.9. The molecule has 204 valence electrons. The monoisotopic (exact) mass is 558 g/mol. The molecular formula is C42H26N2. The highest BCUT2D eigenvalue weighted by Gasteiger charge is 2.18. The number of fused-ring (bicyclic) bond motifs is 6. The van der Waals surface area contributed by atoms with Gasteiger partial charge in [-0.05, 0) is 94.3 Å². The van der Waals surface area contributed by atoms with Crippen LogP contribution in [0.25, 0.3) is 87.2 Å². The number of hydrogen-bond acceptors (Lipinski definition) is 2. The van der Waals surface area contributed by atoms with Crippen LogP contribution in [0.15, 0.2) is 158 Å². The minimum absolute atomic E-state index is 1.03. The van der Waals surface area contributed by atoms with Crippen molar-refractivity contribution in [2.24, 2.45) is 0 Å². The Morgan fingerprint density at radius 3 is 1.52 bits per heavy atom. The van der Waals surface area contributed by atoms with Crippen LogP contribution in [-0.4, -0.2) is 9.97 Å². The van der Waals surface area contributed by atoms with Crippen LogP contribution in [0.1, 0.15) is 0 Å². The Kier molecular flexibility index (Phi) is 5.54. The van der Waals surface area contributed by atoms with Gasteiger partial charge in [0.15, 0.2) is 0 Å². The molecule has 9 aromatic rings. The van der Waals surface area contributed by atoms with Gasteiger partial charge in [-0.2, -0.15) is 0 Å². The lowest BCUT2D eigenvalue weighted by Crippen LogP contribution is -1.92. The fourth-order valence-electron chi connectivity index (χ4n) is 7.03. The van der Waals surface area contributed by atoms with Crippen molar-refractivity contribution >= 4 is 53.9 Å². The molecule has 0 radical (unpaired) electrons. The summed E-state index contributed by atoms with van der Waals surface area (Å²) in [6, 6.07) is 51.0. The SMILES string of the molecule is c1ccc2cc(-c3cc4ccc(-c5c6ccccc6c(-c6cncnc6)c6ccccc56)cc4c4ccccc34)ccc2c1. The predicted molar refractivity (Wildman–Crippen MR) is 186 cm³/mol. The molecule has 2 heteroatoms. The summed E-state index contributed by atoms with van der Waals surface area (Å²) in [5, 5.41) is 12.4. The second-order valence-electron chi connectivity index (χ2n) is 11.4. The number of nitrogens with zero attached hydrogens (tertiary/aromatic N) is 2. The second kappa shape index (κ2) is 9.86. The van der Waals surface area contributed by atoms with Crippen molar-refractivity contribution in [1.82, 2.24) is 9.97 Å². The molecule has 0 amide bonds. The summed E-state index contributed by atoms with van der Waals surface area (Å²) in [5.74, 6) is 0. The third-order valence-corrected chi connectivity index (χ3v) is 8.99. The van der Waals surface area contributed by atoms with E-state index in [-0.39, 0.29) is 0 Å². The van der Waals surface area contributed by atoms with Gasteiger partial charge in [0.25, 0.3) is 0 Å². The lowest BCUT2D eigenvalue weighted by molar-refractivity contribution is 1.17. The molecule has 0 saturated heterocycles. The van der Waals surface area contributed by atoms with Crippen molar-refractivity contribution in [1.29, 1.82) is 0 Å². The normalized spacial score (nSPS) is 11.6. The molecular weight excluding hydrogens is 532 g/mol. The standard InChI is InChI=1S/C42H26N2/c1-2-10-28-21-29(18-17-27(28)9-1)39-22-30-19-20-31(23-40(30)34-12-4-3-11-33(34)39)41-35-13-5-7-15-37(35)42(32-24-43-26-44-25-32)38-16-8-6-14-36(38)41/h1-26H. The van der Waals surface area contributed by atoms with Gasteiger partial charge < -0.3 is 0 Å². The maximum Gasteiger partial charge on any atom is 0.115 e. The van der Waals surface area contributed by atoms with E-state index < -0.39 is 0 Å². The van der Waals surface area contributed by atoms with Crippen molar-refractivity contribution in [3.05, 3.63) is 158 Å². The molecule has 2 nitrogen and oxygen atoms in total. The lowest BCUT2D eigenvalue weighted by Gasteiger charge is -2.18. The largest absolute Gasteiger partial charge is 0.244 e. The highest BCUT2D eigenvalue weighted by molar-refractivity contribution is 6.22. The van der Waals surface area contributed by atoms with E-state index in [0.717, 1.165) is 5.56 Å². The average molecular weight is 559 g/mol. The summed E-state index contributed by atoms with van der Waals surface area (Å²) in [6.07, 6.45) is 5.42. The second-order valence-corrected chi connectivity index (χ2v) is 11.4. The molecule has 0 aliphatic rings. The smallest absolute Gasteiger partial charge is 0.115 e. The van der Waals surface area contributed by atoms with Gasteiger partial charge in [0.2, 0.25) is 0 Å². The van der Waals surface area contributed by atoms with E-state index in [0.29, 0.717) is 0 Å². The topological polar surface area (TPSA) is 25.8 Å². The van der Waals surface area contributed by atoms with E-state index in [1.807, 2.05) is 12.4 Å². The minimum atomic E-state index is 1.03. The first-order chi connectivity index (χ1) is 21.8. The summed E-state index contributed by atoms with van der Waals surface area (Å²) in [5.41, 5.74) is 7.16. The van der Waals surface area contributed by atoms with Gasteiger partial charge in [-0.1, -0.05) is 121 Å². The number of aromatic nitrogens is 2. The Labute approximate surface area is 254 Å². The number of hydrogen-bond donors (Lipinski definition) is 0. The Hall–Kier alpha value is -5.86. The molecule has 0 spiro atoms. The van der Waals surface area contributed by atoms with E-state index in [9.17, 15) is 0 Å². The van der Waals surface area contributed by atoms with Crippen LogP contribution in [0.3, 0.4) is 0 Å². The Morgan fingerprint density at radius 2 is 0.841 bits per heavy atom. The number of benzene rings is 8.